The Morgan fingerprint density at radius 1 is 0.824 bits per heavy atom. The lowest BCUT2D eigenvalue weighted by molar-refractivity contribution is -0.0699. The molecule has 0 aromatic rings. The van der Waals surface area contributed by atoms with Crippen molar-refractivity contribution in [1.29, 1.82) is 0 Å². The molecule has 3 saturated carbocycles. The first-order chi connectivity index (χ1) is 15.9. The summed E-state index contributed by atoms with van der Waals surface area (Å²) in [5, 5.41) is 10.4. The number of unbranched alkanes of at least 4 members (excludes halogenated alkanes) is 2. The molecule has 200 valence electrons. The molecule has 4 aliphatic rings. The van der Waals surface area contributed by atoms with Crippen LogP contribution in [0.5, 0.6) is 0 Å². The van der Waals surface area contributed by atoms with Gasteiger partial charge in [0.05, 0.1) is 6.10 Å². The van der Waals surface area contributed by atoms with Gasteiger partial charge in [-0.05, 0) is 104 Å². The summed E-state index contributed by atoms with van der Waals surface area (Å²) >= 11 is 0. The van der Waals surface area contributed by atoms with Crippen molar-refractivity contribution in [3.8, 4) is 0 Å². The molecule has 0 heterocycles. The molecule has 4 rings (SSSR count). The predicted octanol–water partition coefficient (Wildman–Crippen LogP) is 10.2. The minimum absolute atomic E-state index is 0.131. The van der Waals surface area contributed by atoms with Crippen molar-refractivity contribution in [3.63, 3.8) is 0 Å². The zero-order chi connectivity index (χ0) is 25.7. The lowest BCUT2D eigenvalue weighted by atomic mass is 9.45. The second-order valence-corrected chi connectivity index (χ2v) is 13.7. The molecule has 0 radical (unpaired) electrons. The van der Waals surface area contributed by atoms with Crippen LogP contribution in [0.25, 0.3) is 0 Å². The summed E-state index contributed by atoms with van der Waals surface area (Å²) in [5.41, 5.74) is 3.17. The van der Waals surface area contributed by atoms with E-state index in [2.05, 4.69) is 68.4 Å². The van der Waals surface area contributed by atoms with Crippen LogP contribution < -0.4 is 0 Å². The highest BCUT2D eigenvalue weighted by Crippen LogP contribution is 2.68. The third-order valence-electron chi connectivity index (χ3n) is 11.5. The van der Waals surface area contributed by atoms with E-state index in [9.17, 15) is 5.11 Å². The molecule has 34 heavy (non-hydrogen) atoms. The molecule has 4 aliphatic carbocycles. The Morgan fingerprint density at radius 3 is 1.91 bits per heavy atom. The number of allylic oxidation sites excluding steroid dienone is 2. The highest BCUT2D eigenvalue weighted by Gasteiger charge is 2.59. The minimum Gasteiger partial charge on any atom is -0.393 e. The third-order valence-corrected chi connectivity index (χ3v) is 11.5. The van der Waals surface area contributed by atoms with Crippen LogP contribution in [0.3, 0.4) is 0 Å². The molecule has 8 unspecified atom stereocenters. The van der Waals surface area contributed by atoms with Gasteiger partial charge in [-0.3, -0.25) is 0 Å². The van der Waals surface area contributed by atoms with Crippen LogP contribution in [0.1, 0.15) is 146 Å². The number of fused-ring (bicyclic) bond motifs is 5. The van der Waals surface area contributed by atoms with Gasteiger partial charge in [0, 0.05) is 0 Å². The van der Waals surface area contributed by atoms with E-state index in [1.165, 1.54) is 77.0 Å². The van der Waals surface area contributed by atoms with Crippen LogP contribution in [0.15, 0.2) is 11.6 Å². The predicted molar refractivity (Wildman–Crippen MR) is 151 cm³/mol. The molecule has 3 fully saturated rings. The van der Waals surface area contributed by atoms with Gasteiger partial charge in [0.2, 0.25) is 0 Å². The molecule has 1 N–H and O–H groups in total. The molecule has 0 amide bonds. The standard InChI is InChI=1S/C25H42O.2C4H10/c1-16(2)23(4)13-14-24(5)18(15-23)7-8-19-21-10-9-20(17(3)26)25(21,6)12-11-22(19)24;2*1-3-4-2/h7,16-17,19-22,26H,8-15H2,1-6H3;2*3-4H2,1-2H3. The van der Waals surface area contributed by atoms with E-state index in [-0.39, 0.29) is 6.10 Å². The van der Waals surface area contributed by atoms with Crippen LogP contribution >= 0.6 is 0 Å². The molecule has 0 aliphatic heterocycles. The van der Waals surface area contributed by atoms with E-state index in [1.807, 2.05) is 12.5 Å². The van der Waals surface area contributed by atoms with Gasteiger partial charge < -0.3 is 5.11 Å². The summed E-state index contributed by atoms with van der Waals surface area (Å²) in [6, 6.07) is 0. The van der Waals surface area contributed by atoms with Crippen molar-refractivity contribution >= 4 is 0 Å². The molecular weight excluding hydrogens is 412 g/mol. The maximum absolute atomic E-state index is 10.4. The largest absolute Gasteiger partial charge is 0.393 e. The van der Waals surface area contributed by atoms with Crippen LogP contribution in [0, 0.1) is 45.8 Å². The van der Waals surface area contributed by atoms with Gasteiger partial charge in [0.25, 0.3) is 0 Å². The Labute approximate surface area is 215 Å². The zero-order valence-corrected chi connectivity index (χ0v) is 25.0. The van der Waals surface area contributed by atoms with Gasteiger partial charge in [0.15, 0.2) is 0 Å². The second kappa shape index (κ2) is 12.3. The quantitative estimate of drug-likeness (QED) is 0.402. The second-order valence-electron chi connectivity index (χ2n) is 13.7. The average molecular weight is 475 g/mol. The summed E-state index contributed by atoms with van der Waals surface area (Å²) in [5.74, 6) is 3.91. The monoisotopic (exact) mass is 474 g/mol. The molecule has 0 spiro atoms. The highest BCUT2D eigenvalue weighted by atomic mass is 16.3. The molecular formula is C33H62O. The maximum Gasteiger partial charge on any atom is 0.0545 e. The van der Waals surface area contributed by atoms with E-state index in [1.54, 1.807) is 0 Å². The smallest absolute Gasteiger partial charge is 0.0545 e. The molecule has 8 atom stereocenters. The summed E-state index contributed by atoms with van der Waals surface area (Å²) in [6.07, 6.45) is 18.6. The third kappa shape index (κ3) is 5.81. The Kier molecular flexibility index (Phi) is 10.8. The first-order valence-electron chi connectivity index (χ1n) is 15.3. The summed E-state index contributed by atoms with van der Waals surface area (Å²) in [7, 11) is 0. The van der Waals surface area contributed by atoms with Crippen molar-refractivity contribution in [1.82, 2.24) is 0 Å². The van der Waals surface area contributed by atoms with Gasteiger partial charge in [-0.15, -0.1) is 0 Å². The van der Waals surface area contributed by atoms with E-state index in [0.717, 1.165) is 23.7 Å². The number of aliphatic hydroxyl groups excluding tert-OH is 1. The molecule has 0 bridgehead atoms. The van der Waals surface area contributed by atoms with Gasteiger partial charge in [-0.2, -0.15) is 0 Å². The Morgan fingerprint density at radius 2 is 1.41 bits per heavy atom. The molecule has 1 heteroatoms. The fourth-order valence-electron chi connectivity index (χ4n) is 8.17. The number of aliphatic hydroxyl groups is 1. The Hall–Kier alpha value is -0.300. The Bertz CT molecular complexity index is 639. The lowest BCUT2D eigenvalue weighted by Gasteiger charge is -2.60. The van der Waals surface area contributed by atoms with Crippen molar-refractivity contribution in [2.24, 2.45) is 45.8 Å². The highest BCUT2D eigenvalue weighted by molar-refractivity contribution is 5.26. The first kappa shape index (κ1) is 29.9. The fourth-order valence-corrected chi connectivity index (χ4v) is 8.17. The topological polar surface area (TPSA) is 20.2 Å². The average Bonchev–Trinajstić information content (AvgIpc) is 3.17. The summed E-state index contributed by atoms with van der Waals surface area (Å²) in [4.78, 5) is 0. The van der Waals surface area contributed by atoms with Crippen LogP contribution in [0.2, 0.25) is 0 Å². The van der Waals surface area contributed by atoms with Gasteiger partial charge in [-0.1, -0.05) is 99.6 Å². The van der Waals surface area contributed by atoms with Gasteiger partial charge in [-0.25, -0.2) is 0 Å². The first-order valence-corrected chi connectivity index (χ1v) is 15.3. The number of hydrogen-bond donors (Lipinski definition) is 1. The lowest BCUT2D eigenvalue weighted by Crippen LogP contribution is -2.51. The van der Waals surface area contributed by atoms with Crippen molar-refractivity contribution in [3.05, 3.63) is 11.6 Å². The van der Waals surface area contributed by atoms with E-state index in [0.29, 0.717) is 22.2 Å². The minimum atomic E-state index is -0.131. The van der Waals surface area contributed by atoms with Crippen molar-refractivity contribution in [2.45, 2.75) is 152 Å². The van der Waals surface area contributed by atoms with E-state index >= 15 is 0 Å². The van der Waals surface area contributed by atoms with Crippen molar-refractivity contribution in [2.75, 3.05) is 0 Å². The molecule has 0 saturated heterocycles. The van der Waals surface area contributed by atoms with Gasteiger partial charge in [0.1, 0.15) is 0 Å². The zero-order valence-electron chi connectivity index (χ0n) is 25.0. The van der Waals surface area contributed by atoms with Gasteiger partial charge >= 0.3 is 0 Å². The normalized spacial score (nSPS) is 41.6. The van der Waals surface area contributed by atoms with Crippen LogP contribution in [0.4, 0.5) is 0 Å². The van der Waals surface area contributed by atoms with Crippen LogP contribution in [-0.2, 0) is 0 Å². The van der Waals surface area contributed by atoms with E-state index < -0.39 is 0 Å². The fraction of sp³-hybridized carbons (Fsp3) is 0.939. The van der Waals surface area contributed by atoms with Crippen molar-refractivity contribution < 1.29 is 5.11 Å². The SMILES string of the molecule is CC(O)C1CCC2C3CC=C4CC(C)(C(C)C)CCC4(C)C3CCC12C.CCCC.CCCC. The van der Waals surface area contributed by atoms with Crippen LogP contribution in [-0.4, -0.2) is 11.2 Å². The Balaban J connectivity index is 0.000000446. The summed E-state index contributed by atoms with van der Waals surface area (Å²) < 4.78 is 0. The molecule has 1 nitrogen and oxygen atoms in total. The maximum atomic E-state index is 10.4. The molecule has 0 aromatic heterocycles. The summed E-state index contributed by atoms with van der Waals surface area (Å²) in [6.45, 7) is 23.3. The number of rotatable bonds is 4. The number of hydrogen-bond acceptors (Lipinski definition) is 1. The molecule has 0 aromatic carbocycles. The van der Waals surface area contributed by atoms with E-state index in [4.69, 9.17) is 0 Å².